The van der Waals surface area contributed by atoms with E-state index in [0.717, 1.165) is 56.8 Å². The van der Waals surface area contributed by atoms with Crippen molar-refractivity contribution >= 4 is 23.1 Å². The molecule has 1 aliphatic carbocycles. The summed E-state index contributed by atoms with van der Waals surface area (Å²) in [7, 11) is 1.66. The molecule has 0 amide bonds. The summed E-state index contributed by atoms with van der Waals surface area (Å²) in [5.41, 5.74) is 2.06. The molecule has 0 spiro atoms. The van der Waals surface area contributed by atoms with Gasteiger partial charge in [-0.05, 0) is 31.0 Å². The van der Waals surface area contributed by atoms with Gasteiger partial charge in [-0.25, -0.2) is 9.97 Å². The highest BCUT2D eigenvalue weighted by Crippen LogP contribution is 2.34. The minimum atomic E-state index is 0.609. The van der Waals surface area contributed by atoms with Gasteiger partial charge in [0.2, 0.25) is 5.16 Å². The Hall–Kier alpha value is -2.06. The molecule has 1 aromatic carbocycles. The summed E-state index contributed by atoms with van der Waals surface area (Å²) in [6.45, 7) is 2.57. The maximum Gasteiger partial charge on any atom is 0.208 e. The maximum atomic E-state index is 5.59. The van der Waals surface area contributed by atoms with E-state index in [1.54, 1.807) is 30.2 Å². The third-order valence-corrected chi connectivity index (χ3v) is 6.90. The molecule has 6 nitrogen and oxygen atoms in total. The predicted octanol–water partition coefficient (Wildman–Crippen LogP) is 5.36. The second-order valence-corrected chi connectivity index (χ2v) is 8.95. The number of thioether (sulfide) groups is 1. The molecule has 3 aromatic rings. The van der Waals surface area contributed by atoms with E-state index in [1.165, 1.54) is 25.7 Å². The number of benzene rings is 1. The monoisotopic (exact) mass is 430 g/mol. The van der Waals surface area contributed by atoms with Gasteiger partial charge in [-0.15, -0.1) is 16.4 Å². The molecule has 0 unspecified atom stereocenters. The zero-order valence-corrected chi connectivity index (χ0v) is 18.4. The number of hydrogen-bond acceptors (Lipinski definition) is 7. The minimum Gasteiger partial charge on any atom is -0.493 e. The molecular weight excluding hydrogens is 404 g/mol. The van der Waals surface area contributed by atoms with Crippen molar-refractivity contribution in [3.05, 3.63) is 35.1 Å². The Morgan fingerprint density at radius 3 is 2.86 bits per heavy atom. The minimum absolute atomic E-state index is 0.609. The Labute approximate surface area is 179 Å². The Morgan fingerprint density at radius 1 is 1.21 bits per heavy atom. The fourth-order valence-electron chi connectivity index (χ4n) is 3.64. The zero-order chi connectivity index (χ0) is 20.1. The van der Waals surface area contributed by atoms with Crippen LogP contribution in [0.1, 0.15) is 44.1 Å². The topological polar surface area (TPSA) is 72.9 Å². The lowest BCUT2D eigenvalue weighted by Gasteiger charge is -2.09. The van der Waals surface area contributed by atoms with Crippen LogP contribution in [0.2, 0.25) is 0 Å². The van der Waals surface area contributed by atoms with Gasteiger partial charge in [-0.2, -0.15) is 0 Å². The third kappa shape index (κ3) is 5.11. The lowest BCUT2D eigenvalue weighted by Crippen LogP contribution is -2.00. The van der Waals surface area contributed by atoms with E-state index in [0.29, 0.717) is 6.61 Å². The average molecular weight is 431 g/mol. The van der Waals surface area contributed by atoms with Gasteiger partial charge in [0.05, 0.1) is 19.4 Å². The van der Waals surface area contributed by atoms with E-state index in [2.05, 4.69) is 20.6 Å². The smallest absolute Gasteiger partial charge is 0.208 e. The van der Waals surface area contributed by atoms with Crippen LogP contribution in [0, 0.1) is 5.92 Å². The van der Waals surface area contributed by atoms with Crippen LogP contribution in [-0.4, -0.2) is 33.9 Å². The van der Waals surface area contributed by atoms with Gasteiger partial charge in [0.1, 0.15) is 10.8 Å². The van der Waals surface area contributed by atoms with E-state index < -0.39 is 0 Å². The standard InChI is InChI=1S/C21H26N4O2S2/c1-3-27-17-9-8-15(11-18(17)26-2)20-22-16(12-28-20)13-29-21-23-19(24-25-21)10-14-6-4-5-7-14/h8-9,11-12,14H,3-7,10,13H2,1-2H3,(H,23,24,25). The van der Waals surface area contributed by atoms with E-state index >= 15 is 0 Å². The molecule has 1 fully saturated rings. The molecule has 0 radical (unpaired) electrons. The highest BCUT2D eigenvalue weighted by Gasteiger charge is 2.17. The van der Waals surface area contributed by atoms with Gasteiger partial charge in [-0.3, -0.25) is 5.10 Å². The van der Waals surface area contributed by atoms with Crippen molar-refractivity contribution in [2.45, 2.75) is 49.9 Å². The Bertz CT molecular complexity index is 934. The van der Waals surface area contributed by atoms with Crippen LogP contribution in [0.15, 0.2) is 28.7 Å². The first-order chi connectivity index (χ1) is 14.2. The normalized spacial score (nSPS) is 14.4. The van der Waals surface area contributed by atoms with Crippen molar-refractivity contribution < 1.29 is 9.47 Å². The summed E-state index contributed by atoms with van der Waals surface area (Å²) < 4.78 is 11.0. The fraction of sp³-hybridized carbons (Fsp3) is 0.476. The van der Waals surface area contributed by atoms with Gasteiger partial charge in [0.15, 0.2) is 11.5 Å². The van der Waals surface area contributed by atoms with Crippen molar-refractivity contribution in [1.29, 1.82) is 0 Å². The van der Waals surface area contributed by atoms with E-state index in [-0.39, 0.29) is 0 Å². The molecule has 29 heavy (non-hydrogen) atoms. The predicted molar refractivity (Wildman–Crippen MR) is 117 cm³/mol. The van der Waals surface area contributed by atoms with Crippen molar-refractivity contribution in [2.75, 3.05) is 13.7 Å². The highest BCUT2D eigenvalue weighted by molar-refractivity contribution is 7.98. The van der Waals surface area contributed by atoms with Crippen LogP contribution in [0.5, 0.6) is 11.5 Å². The summed E-state index contributed by atoms with van der Waals surface area (Å²) in [5, 5.41) is 11.3. The maximum absolute atomic E-state index is 5.59. The number of rotatable bonds is 9. The van der Waals surface area contributed by atoms with E-state index in [1.807, 2.05) is 25.1 Å². The molecule has 154 valence electrons. The number of ether oxygens (including phenoxy) is 2. The van der Waals surface area contributed by atoms with Gasteiger partial charge < -0.3 is 9.47 Å². The average Bonchev–Trinajstić information content (AvgIpc) is 3.50. The number of aromatic amines is 1. The summed E-state index contributed by atoms with van der Waals surface area (Å²) in [6, 6.07) is 5.94. The fourth-order valence-corrected chi connectivity index (χ4v) is 5.27. The summed E-state index contributed by atoms with van der Waals surface area (Å²) in [4.78, 5) is 9.42. The van der Waals surface area contributed by atoms with Crippen LogP contribution >= 0.6 is 23.1 Å². The molecule has 0 aliphatic heterocycles. The molecule has 0 atom stereocenters. The lowest BCUT2D eigenvalue weighted by atomic mass is 10.0. The van der Waals surface area contributed by atoms with Gasteiger partial charge in [0, 0.05) is 23.1 Å². The highest BCUT2D eigenvalue weighted by atomic mass is 32.2. The van der Waals surface area contributed by atoms with Crippen molar-refractivity contribution in [3.8, 4) is 22.1 Å². The number of nitrogens with zero attached hydrogens (tertiary/aromatic N) is 3. The molecule has 0 saturated heterocycles. The van der Waals surface area contributed by atoms with Crippen LogP contribution in [0.25, 0.3) is 10.6 Å². The molecule has 2 aromatic heterocycles. The zero-order valence-electron chi connectivity index (χ0n) is 16.8. The second-order valence-electron chi connectivity index (χ2n) is 7.15. The number of methoxy groups -OCH3 is 1. The number of nitrogens with one attached hydrogen (secondary N) is 1. The summed E-state index contributed by atoms with van der Waals surface area (Å²) in [5.74, 6) is 4.02. The Balaban J connectivity index is 1.36. The van der Waals surface area contributed by atoms with E-state index in [4.69, 9.17) is 14.5 Å². The van der Waals surface area contributed by atoms with Crippen LogP contribution < -0.4 is 9.47 Å². The molecule has 0 bridgehead atoms. The summed E-state index contributed by atoms with van der Waals surface area (Å²) >= 11 is 3.26. The second kappa shape index (κ2) is 9.63. The number of H-pyrrole nitrogens is 1. The molecule has 8 heteroatoms. The van der Waals surface area contributed by atoms with Gasteiger partial charge in [0.25, 0.3) is 0 Å². The Kier molecular flexibility index (Phi) is 6.71. The third-order valence-electron chi connectivity index (χ3n) is 5.08. The van der Waals surface area contributed by atoms with E-state index in [9.17, 15) is 0 Å². The van der Waals surface area contributed by atoms with Gasteiger partial charge in [-0.1, -0.05) is 37.4 Å². The molecule has 1 saturated carbocycles. The quantitative estimate of drug-likeness (QED) is 0.461. The Morgan fingerprint density at radius 2 is 2.07 bits per heavy atom. The largest absolute Gasteiger partial charge is 0.493 e. The van der Waals surface area contributed by atoms with Crippen molar-refractivity contribution in [1.82, 2.24) is 20.2 Å². The number of hydrogen-bond donors (Lipinski definition) is 1. The summed E-state index contributed by atoms with van der Waals surface area (Å²) in [6.07, 6.45) is 6.37. The first-order valence-electron chi connectivity index (χ1n) is 10.0. The van der Waals surface area contributed by atoms with Crippen molar-refractivity contribution in [2.24, 2.45) is 5.92 Å². The number of aromatic nitrogens is 4. The van der Waals surface area contributed by atoms with Gasteiger partial charge >= 0.3 is 0 Å². The first kappa shape index (κ1) is 20.2. The first-order valence-corrected chi connectivity index (χ1v) is 11.9. The van der Waals surface area contributed by atoms with Crippen molar-refractivity contribution in [3.63, 3.8) is 0 Å². The van der Waals surface area contributed by atoms with Crippen LogP contribution in [0.4, 0.5) is 0 Å². The molecule has 4 rings (SSSR count). The molecule has 1 N–H and O–H groups in total. The van der Waals surface area contributed by atoms with Crippen LogP contribution in [0.3, 0.4) is 0 Å². The SMILES string of the molecule is CCOc1ccc(-c2nc(CSc3n[nH]c(CC4CCCC4)n3)cs2)cc1OC. The number of thiazole rings is 1. The molecule has 2 heterocycles. The lowest BCUT2D eigenvalue weighted by molar-refractivity contribution is 0.311. The molecule has 1 aliphatic rings. The molecular formula is C21H26N4O2S2. The van der Waals surface area contributed by atoms with Crippen LogP contribution in [-0.2, 0) is 12.2 Å².